The summed E-state index contributed by atoms with van der Waals surface area (Å²) in [7, 11) is -2.67. The third-order valence-electron chi connectivity index (χ3n) is 7.41. The zero-order valence-corrected chi connectivity index (χ0v) is 21.4. The topological polar surface area (TPSA) is 15.6 Å². The molecule has 6 rings (SSSR count). The van der Waals surface area contributed by atoms with Gasteiger partial charge in [0.1, 0.15) is 0 Å². The molecule has 3 aromatic carbocycles. The zero-order chi connectivity index (χ0) is 26.2. The second-order valence-electron chi connectivity index (χ2n) is 9.97. The van der Waals surface area contributed by atoms with Gasteiger partial charge in [-0.05, 0) is 42.7 Å². The molecule has 0 fully saturated rings. The Morgan fingerprint density at radius 3 is 2.18 bits per heavy atom. The third kappa shape index (κ3) is 4.39. The van der Waals surface area contributed by atoms with Crippen LogP contribution in [-0.4, -0.2) is 17.9 Å². The summed E-state index contributed by atoms with van der Waals surface area (Å²) in [6.45, 7) is 4.06. The number of halogens is 2. The van der Waals surface area contributed by atoms with Crippen molar-refractivity contribution in [2.75, 3.05) is 0 Å². The first-order valence-corrected chi connectivity index (χ1v) is 12.9. The van der Waals surface area contributed by atoms with Crippen molar-refractivity contribution in [1.29, 1.82) is 0 Å². The van der Waals surface area contributed by atoms with Crippen molar-refractivity contribution in [2.45, 2.75) is 19.9 Å². The molecule has 0 saturated heterocycles. The molecule has 3 aromatic rings. The van der Waals surface area contributed by atoms with Gasteiger partial charge in [-0.25, -0.2) is 4.99 Å². The molecule has 2 nitrogen and oxygen atoms in total. The first-order chi connectivity index (χ1) is 18.5. The Hall–Kier alpha value is -4.25. The predicted molar refractivity (Wildman–Crippen MR) is 153 cm³/mol. The van der Waals surface area contributed by atoms with Crippen LogP contribution in [0.2, 0.25) is 0 Å². The van der Waals surface area contributed by atoms with Gasteiger partial charge >= 0.3 is 7.40 Å². The van der Waals surface area contributed by atoms with Crippen molar-refractivity contribution in [1.82, 2.24) is 4.81 Å². The lowest BCUT2D eigenvalue weighted by Gasteiger charge is -2.30. The monoisotopic (exact) mass is 500 g/mol. The molecule has 2 heterocycles. The number of nitrogens with zero attached hydrogens (tertiary/aromatic N) is 2. The summed E-state index contributed by atoms with van der Waals surface area (Å²) in [5.41, 5.74) is 8.99. The van der Waals surface area contributed by atoms with Gasteiger partial charge in [0, 0.05) is 22.8 Å². The quantitative estimate of drug-likeness (QED) is 0.324. The molecule has 0 radical (unpaired) electrons. The van der Waals surface area contributed by atoms with E-state index in [1.54, 1.807) is 0 Å². The molecule has 2 aliphatic heterocycles. The van der Waals surface area contributed by atoms with E-state index in [9.17, 15) is 8.63 Å². The Morgan fingerprint density at radius 1 is 0.816 bits per heavy atom. The molecule has 2 atom stereocenters. The summed E-state index contributed by atoms with van der Waals surface area (Å²) >= 11 is 0. The number of benzene rings is 3. The van der Waals surface area contributed by atoms with Gasteiger partial charge in [0.15, 0.2) is 0 Å². The SMILES string of the molecule is Cc1ccc(C2=N/C(=C\C3=C4C=CC=CC4C(c4ccc(C)cc4)N3B(F)F)C(c3ccccc3)=C2)cc1. The molecule has 38 heavy (non-hydrogen) atoms. The summed E-state index contributed by atoms with van der Waals surface area (Å²) < 4.78 is 29.8. The van der Waals surface area contributed by atoms with E-state index in [2.05, 4.69) is 37.3 Å². The second kappa shape index (κ2) is 9.90. The first-order valence-electron chi connectivity index (χ1n) is 12.9. The van der Waals surface area contributed by atoms with Crippen LogP contribution in [0.25, 0.3) is 5.57 Å². The summed E-state index contributed by atoms with van der Waals surface area (Å²) in [5.74, 6) is -0.172. The average Bonchev–Trinajstić information content (AvgIpc) is 3.50. The molecule has 0 saturated carbocycles. The highest BCUT2D eigenvalue weighted by Gasteiger charge is 2.45. The van der Waals surface area contributed by atoms with Crippen LogP contribution in [0.5, 0.6) is 0 Å². The lowest BCUT2D eigenvalue weighted by Crippen LogP contribution is -2.34. The van der Waals surface area contributed by atoms with Crippen LogP contribution in [0.3, 0.4) is 0 Å². The van der Waals surface area contributed by atoms with Crippen molar-refractivity contribution >= 4 is 18.7 Å². The van der Waals surface area contributed by atoms with Gasteiger partial charge in [0.25, 0.3) is 0 Å². The van der Waals surface area contributed by atoms with Crippen LogP contribution in [0.4, 0.5) is 8.63 Å². The highest BCUT2D eigenvalue weighted by Crippen LogP contribution is 2.48. The van der Waals surface area contributed by atoms with Gasteiger partial charge < -0.3 is 4.81 Å². The maximum Gasteiger partial charge on any atom is 0.673 e. The molecule has 186 valence electrons. The largest absolute Gasteiger partial charge is 0.673 e. The molecule has 0 spiro atoms. The second-order valence-corrected chi connectivity index (χ2v) is 9.97. The molecule has 0 bridgehead atoms. The molecule has 0 amide bonds. The van der Waals surface area contributed by atoms with E-state index in [0.717, 1.165) is 39.1 Å². The van der Waals surface area contributed by atoms with Crippen molar-refractivity contribution in [2.24, 2.45) is 10.9 Å². The Kier molecular flexibility index (Phi) is 6.28. The Labute approximate surface area is 222 Å². The maximum absolute atomic E-state index is 14.9. The number of fused-ring (bicyclic) bond motifs is 1. The Morgan fingerprint density at radius 2 is 1.50 bits per heavy atom. The summed E-state index contributed by atoms with van der Waals surface area (Å²) in [6.07, 6.45) is 11.8. The molecular formula is C33H27BF2N2. The Bertz CT molecular complexity index is 1540. The molecule has 0 aromatic heterocycles. The van der Waals surface area contributed by atoms with Gasteiger partial charge in [0.2, 0.25) is 0 Å². The fourth-order valence-electron chi connectivity index (χ4n) is 5.47. The normalized spacial score (nSPS) is 21.2. The van der Waals surface area contributed by atoms with Gasteiger partial charge in [0.05, 0.1) is 17.5 Å². The molecule has 5 heteroatoms. The van der Waals surface area contributed by atoms with Crippen LogP contribution in [0.15, 0.2) is 137 Å². The minimum atomic E-state index is -2.67. The van der Waals surface area contributed by atoms with Crippen LogP contribution >= 0.6 is 0 Å². The minimum Gasteiger partial charge on any atom is -0.348 e. The summed E-state index contributed by atoms with van der Waals surface area (Å²) in [5, 5.41) is 0. The van der Waals surface area contributed by atoms with Crippen LogP contribution in [0.1, 0.15) is 33.9 Å². The van der Waals surface area contributed by atoms with Gasteiger partial charge in [-0.1, -0.05) is 114 Å². The molecular weight excluding hydrogens is 473 g/mol. The summed E-state index contributed by atoms with van der Waals surface area (Å²) in [6, 6.07) is 25.7. The van der Waals surface area contributed by atoms with E-state index >= 15 is 0 Å². The summed E-state index contributed by atoms with van der Waals surface area (Å²) in [4.78, 5) is 6.25. The predicted octanol–water partition coefficient (Wildman–Crippen LogP) is 8.05. The third-order valence-corrected chi connectivity index (χ3v) is 7.41. The van der Waals surface area contributed by atoms with Crippen molar-refractivity contribution < 1.29 is 8.63 Å². The van der Waals surface area contributed by atoms with E-state index in [-0.39, 0.29) is 5.92 Å². The fourth-order valence-corrected chi connectivity index (χ4v) is 5.47. The maximum atomic E-state index is 14.9. The molecule has 3 aliphatic rings. The van der Waals surface area contributed by atoms with E-state index in [4.69, 9.17) is 4.99 Å². The Balaban J connectivity index is 1.50. The smallest absolute Gasteiger partial charge is 0.348 e. The number of aryl methyl sites for hydroxylation is 2. The van der Waals surface area contributed by atoms with Crippen molar-refractivity contribution in [3.8, 4) is 0 Å². The van der Waals surface area contributed by atoms with E-state index < -0.39 is 13.4 Å². The van der Waals surface area contributed by atoms with Crippen LogP contribution in [0, 0.1) is 19.8 Å². The van der Waals surface area contributed by atoms with Gasteiger partial charge in [-0.3, -0.25) is 8.63 Å². The number of hydrogen-bond donors (Lipinski definition) is 0. The number of allylic oxidation sites excluding steroid dienone is 6. The van der Waals surface area contributed by atoms with Crippen molar-refractivity contribution in [3.63, 3.8) is 0 Å². The van der Waals surface area contributed by atoms with E-state index in [0.29, 0.717) is 11.4 Å². The number of rotatable bonds is 5. The van der Waals surface area contributed by atoms with Gasteiger partial charge in [-0.2, -0.15) is 0 Å². The van der Waals surface area contributed by atoms with Crippen LogP contribution in [-0.2, 0) is 0 Å². The minimum absolute atomic E-state index is 0.172. The average molecular weight is 500 g/mol. The van der Waals surface area contributed by atoms with Gasteiger partial charge in [-0.15, -0.1) is 0 Å². The highest BCUT2D eigenvalue weighted by molar-refractivity contribution is 6.40. The molecule has 2 unspecified atom stereocenters. The molecule has 1 aliphatic carbocycles. The van der Waals surface area contributed by atoms with Crippen molar-refractivity contribution in [3.05, 3.63) is 160 Å². The standard InChI is InChI=1S/C33H27BF2N2/c1-22-12-16-25(17-13-22)30-20-29(24-8-4-3-5-9-24)31(37-30)21-32-27-10-6-7-11-28(27)33(38(32)34(35)36)26-18-14-23(2)15-19-26/h3-21,28,33H,1-2H3/b31-21-. The highest BCUT2D eigenvalue weighted by atomic mass is 19.2. The lowest BCUT2D eigenvalue weighted by atomic mass is 9.85. The molecule has 0 N–H and O–H groups in total. The zero-order valence-electron chi connectivity index (χ0n) is 21.4. The number of aliphatic imine (C=N–C) groups is 1. The fraction of sp³-hybridized carbons (Fsp3) is 0.121. The lowest BCUT2D eigenvalue weighted by molar-refractivity contribution is 0.342. The first kappa shape index (κ1) is 24.1. The van der Waals surface area contributed by atoms with E-state index in [1.165, 1.54) is 10.4 Å². The van der Waals surface area contributed by atoms with E-state index in [1.807, 2.05) is 91.9 Å². The van der Waals surface area contributed by atoms with Crippen LogP contribution < -0.4 is 0 Å². The number of hydrogen-bond acceptors (Lipinski definition) is 2.